The zero-order valence-corrected chi connectivity index (χ0v) is 9.61. The summed E-state index contributed by atoms with van der Waals surface area (Å²) in [6.45, 7) is 1.81. The lowest BCUT2D eigenvalue weighted by molar-refractivity contribution is 0.542. The summed E-state index contributed by atoms with van der Waals surface area (Å²) in [4.78, 5) is 0. The Balaban J connectivity index is 2.51. The summed E-state index contributed by atoms with van der Waals surface area (Å²) in [5, 5.41) is 4.01. The molecule has 0 fully saturated rings. The van der Waals surface area contributed by atoms with Crippen LogP contribution in [0.15, 0.2) is 24.4 Å². The van der Waals surface area contributed by atoms with Crippen LogP contribution >= 0.6 is 0 Å². The molecule has 0 aliphatic carbocycles. The quantitative estimate of drug-likeness (QED) is 0.868. The molecule has 0 spiro atoms. The highest BCUT2D eigenvalue weighted by molar-refractivity contribution is 5.34. The van der Waals surface area contributed by atoms with Crippen LogP contribution in [0.1, 0.15) is 22.9 Å². The topological polar surface area (TPSA) is 43.8 Å². The molecule has 0 aliphatic heterocycles. The summed E-state index contributed by atoms with van der Waals surface area (Å²) in [5.41, 5.74) is 7.19. The van der Waals surface area contributed by atoms with Crippen LogP contribution in [0.4, 0.5) is 8.78 Å². The Morgan fingerprint density at radius 3 is 2.35 bits per heavy atom. The summed E-state index contributed by atoms with van der Waals surface area (Å²) in [7, 11) is 1.75. The number of rotatable bonds is 2. The Kier molecular flexibility index (Phi) is 2.93. The molecule has 1 aromatic heterocycles. The number of hydrogen-bond acceptors (Lipinski definition) is 2. The van der Waals surface area contributed by atoms with Crippen molar-refractivity contribution < 1.29 is 8.78 Å². The van der Waals surface area contributed by atoms with Crippen molar-refractivity contribution in [1.82, 2.24) is 9.78 Å². The SMILES string of the molecule is Cc1c(C(N)c2c(F)cccc2F)cnn1C. The third kappa shape index (κ3) is 1.93. The Bertz CT molecular complexity index is 528. The average Bonchev–Trinajstić information content (AvgIpc) is 2.59. The third-order valence-corrected chi connectivity index (χ3v) is 2.92. The first-order valence-corrected chi connectivity index (χ1v) is 5.20. The van der Waals surface area contributed by atoms with Gasteiger partial charge in [-0.2, -0.15) is 5.10 Å². The maximum absolute atomic E-state index is 13.6. The Morgan fingerprint density at radius 1 is 1.29 bits per heavy atom. The van der Waals surface area contributed by atoms with Crippen molar-refractivity contribution in [2.45, 2.75) is 13.0 Å². The van der Waals surface area contributed by atoms with E-state index < -0.39 is 17.7 Å². The molecule has 1 heterocycles. The maximum atomic E-state index is 13.6. The maximum Gasteiger partial charge on any atom is 0.131 e. The molecule has 0 amide bonds. The Labute approximate surface area is 97.9 Å². The minimum Gasteiger partial charge on any atom is -0.320 e. The van der Waals surface area contributed by atoms with Crippen molar-refractivity contribution in [3.8, 4) is 0 Å². The van der Waals surface area contributed by atoms with E-state index in [0.29, 0.717) is 5.56 Å². The fourth-order valence-electron chi connectivity index (χ4n) is 1.78. The van der Waals surface area contributed by atoms with E-state index >= 15 is 0 Å². The van der Waals surface area contributed by atoms with Gasteiger partial charge in [0.2, 0.25) is 0 Å². The van der Waals surface area contributed by atoms with E-state index in [1.54, 1.807) is 18.7 Å². The predicted octanol–water partition coefficient (Wildman–Crippen LogP) is 2.05. The molecule has 0 saturated carbocycles. The molecule has 1 atom stereocenters. The molecule has 1 unspecified atom stereocenters. The van der Waals surface area contributed by atoms with Gasteiger partial charge in [-0.1, -0.05) is 6.07 Å². The lowest BCUT2D eigenvalue weighted by Gasteiger charge is -2.13. The van der Waals surface area contributed by atoms with E-state index in [1.807, 2.05) is 0 Å². The van der Waals surface area contributed by atoms with Crippen molar-refractivity contribution in [2.24, 2.45) is 12.8 Å². The minimum absolute atomic E-state index is 0.122. The predicted molar refractivity (Wildman–Crippen MR) is 60.3 cm³/mol. The van der Waals surface area contributed by atoms with Crippen LogP contribution in [0.25, 0.3) is 0 Å². The minimum atomic E-state index is -0.843. The van der Waals surface area contributed by atoms with Gasteiger partial charge in [-0.25, -0.2) is 8.78 Å². The molecule has 2 N–H and O–H groups in total. The fraction of sp³-hybridized carbons (Fsp3) is 0.250. The first kappa shape index (κ1) is 11.7. The van der Waals surface area contributed by atoms with Crippen LogP contribution in [0.5, 0.6) is 0 Å². The molecule has 0 aliphatic rings. The lowest BCUT2D eigenvalue weighted by atomic mass is 9.99. The van der Waals surface area contributed by atoms with E-state index in [-0.39, 0.29) is 5.56 Å². The molecule has 17 heavy (non-hydrogen) atoms. The summed E-state index contributed by atoms with van der Waals surface area (Å²) < 4.78 is 28.8. The molecule has 0 bridgehead atoms. The Hall–Kier alpha value is -1.75. The second kappa shape index (κ2) is 4.25. The van der Waals surface area contributed by atoms with Crippen molar-refractivity contribution >= 4 is 0 Å². The number of aryl methyl sites for hydroxylation is 1. The highest BCUT2D eigenvalue weighted by Crippen LogP contribution is 2.26. The van der Waals surface area contributed by atoms with Gasteiger partial charge in [-0.3, -0.25) is 4.68 Å². The second-order valence-corrected chi connectivity index (χ2v) is 3.92. The molecular formula is C12H13F2N3. The van der Waals surface area contributed by atoms with Gasteiger partial charge in [0.1, 0.15) is 11.6 Å². The van der Waals surface area contributed by atoms with E-state index in [1.165, 1.54) is 24.4 Å². The number of halogens is 2. The summed E-state index contributed by atoms with van der Waals surface area (Å²) in [5.74, 6) is -1.28. The first-order chi connectivity index (χ1) is 8.02. The van der Waals surface area contributed by atoms with Crippen molar-refractivity contribution in [3.05, 3.63) is 52.9 Å². The molecule has 1 aromatic carbocycles. The van der Waals surface area contributed by atoms with Gasteiger partial charge in [0.15, 0.2) is 0 Å². The van der Waals surface area contributed by atoms with Crippen LogP contribution in [0.3, 0.4) is 0 Å². The summed E-state index contributed by atoms with van der Waals surface area (Å²) >= 11 is 0. The number of hydrogen-bond donors (Lipinski definition) is 1. The lowest BCUT2D eigenvalue weighted by Crippen LogP contribution is -2.16. The number of nitrogens with zero attached hydrogens (tertiary/aromatic N) is 2. The van der Waals surface area contributed by atoms with Crippen LogP contribution in [-0.2, 0) is 7.05 Å². The molecule has 5 heteroatoms. The van der Waals surface area contributed by atoms with Gasteiger partial charge in [-0.15, -0.1) is 0 Å². The van der Waals surface area contributed by atoms with Gasteiger partial charge in [0, 0.05) is 23.9 Å². The monoisotopic (exact) mass is 237 g/mol. The highest BCUT2D eigenvalue weighted by atomic mass is 19.1. The summed E-state index contributed by atoms with van der Waals surface area (Å²) in [6, 6.07) is 2.87. The number of aromatic nitrogens is 2. The van der Waals surface area contributed by atoms with Gasteiger partial charge in [0.25, 0.3) is 0 Å². The molecular weight excluding hydrogens is 224 g/mol. The van der Waals surface area contributed by atoms with Crippen molar-refractivity contribution in [1.29, 1.82) is 0 Å². The number of nitrogens with two attached hydrogens (primary N) is 1. The smallest absolute Gasteiger partial charge is 0.131 e. The van der Waals surface area contributed by atoms with Gasteiger partial charge < -0.3 is 5.73 Å². The van der Waals surface area contributed by atoms with E-state index in [9.17, 15) is 8.78 Å². The third-order valence-electron chi connectivity index (χ3n) is 2.92. The van der Waals surface area contributed by atoms with E-state index in [2.05, 4.69) is 5.10 Å². The average molecular weight is 237 g/mol. The second-order valence-electron chi connectivity index (χ2n) is 3.92. The van der Waals surface area contributed by atoms with Crippen LogP contribution in [-0.4, -0.2) is 9.78 Å². The van der Waals surface area contributed by atoms with Crippen LogP contribution in [0, 0.1) is 18.6 Å². The standard InChI is InChI=1S/C12H13F2N3/c1-7-8(6-16-17(7)2)12(15)11-9(13)4-3-5-10(11)14/h3-6,12H,15H2,1-2H3. The van der Waals surface area contributed by atoms with Crippen molar-refractivity contribution in [3.63, 3.8) is 0 Å². The summed E-state index contributed by atoms with van der Waals surface area (Å²) in [6.07, 6.45) is 1.53. The zero-order valence-electron chi connectivity index (χ0n) is 9.61. The highest BCUT2D eigenvalue weighted by Gasteiger charge is 2.21. The normalized spacial score (nSPS) is 12.8. The largest absolute Gasteiger partial charge is 0.320 e. The zero-order chi connectivity index (χ0) is 12.6. The van der Waals surface area contributed by atoms with Crippen LogP contribution in [0.2, 0.25) is 0 Å². The van der Waals surface area contributed by atoms with E-state index in [0.717, 1.165) is 5.69 Å². The fourth-order valence-corrected chi connectivity index (χ4v) is 1.78. The molecule has 2 aromatic rings. The number of benzene rings is 1. The van der Waals surface area contributed by atoms with Crippen molar-refractivity contribution in [2.75, 3.05) is 0 Å². The van der Waals surface area contributed by atoms with Gasteiger partial charge in [0.05, 0.1) is 12.2 Å². The van der Waals surface area contributed by atoms with Gasteiger partial charge in [-0.05, 0) is 19.1 Å². The Morgan fingerprint density at radius 2 is 1.88 bits per heavy atom. The molecule has 90 valence electrons. The molecule has 2 rings (SSSR count). The van der Waals surface area contributed by atoms with Crippen LogP contribution < -0.4 is 5.73 Å². The first-order valence-electron chi connectivity index (χ1n) is 5.20. The molecule has 3 nitrogen and oxygen atoms in total. The molecule has 0 saturated heterocycles. The molecule has 0 radical (unpaired) electrons. The van der Waals surface area contributed by atoms with E-state index in [4.69, 9.17) is 5.73 Å². The van der Waals surface area contributed by atoms with Gasteiger partial charge >= 0.3 is 0 Å².